The number of carbonyl (C=O) groups is 1. The minimum absolute atomic E-state index is 0.0727. The molecule has 0 spiro atoms. The third-order valence-electron chi connectivity index (χ3n) is 3.58. The molecule has 0 amide bonds. The molecular weight excluding hydrogens is 228 g/mol. The van der Waals surface area contributed by atoms with Gasteiger partial charge in [-0.05, 0) is 32.6 Å². The topological polar surface area (TPSA) is 35.5 Å². The summed E-state index contributed by atoms with van der Waals surface area (Å²) in [6.07, 6.45) is 13.2. The van der Waals surface area contributed by atoms with Gasteiger partial charge in [0.25, 0.3) is 0 Å². The number of ether oxygens (including phenoxy) is 2. The fourth-order valence-corrected chi connectivity index (χ4v) is 2.53. The van der Waals surface area contributed by atoms with Gasteiger partial charge in [-0.25, -0.2) is 4.79 Å². The summed E-state index contributed by atoms with van der Waals surface area (Å²) in [6, 6.07) is 0. The number of hydrogen-bond acceptors (Lipinski definition) is 3. The van der Waals surface area contributed by atoms with Gasteiger partial charge < -0.3 is 9.47 Å². The smallest absolute Gasteiger partial charge is 0.435 e. The first-order valence-corrected chi connectivity index (χ1v) is 7.66. The zero-order valence-corrected chi connectivity index (χ0v) is 11.8. The molecule has 0 atom stereocenters. The highest BCUT2D eigenvalue weighted by molar-refractivity contribution is 5.60. The van der Waals surface area contributed by atoms with Crippen molar-refractivity contribution >= 4 is 6.16 Å². The second kappa shape index (κ2) is 10.2. The van der Waals surface area contributed by atoms with E-state index in [9.17, 15) is 4.79 Å². The molecule has 1 rings (SSSR count). The van der Waals surface area contributed by atoms with Gasteiger partial charge in [0.1, 0.15) is 6.10 Å². The second-order valence-corrected chi connectivity index (χ2v) is 5.18. The first kappa shape index (κ1) is 15.3. The second-order valence-electron chi connectivity index (χ2n) is 5.18. The van der Waals surface area contributed by atoms with Crippen LogP contribution >= 0.6 is 0 Å². The zero-order chi connectivity index (χ0) is 13.1. The van der Waals surface area contributed by atoms with Crippen LogP contribution in [0.4, 0.5) is 4.79 Å². The van der Waals surface area contributed by atoms with Crippen molar-refractivity contribution in [3.8, 4) is 0 Å². The normalized spacial score (nSPS) is 20.5. The first-order valence-electron chi connectivity index (χ1n) is 7.66. The Kier molecular flexibility index (Phi) is 8.70. The van der Waals surface area contributed by atoms with Crippen LogP contribution in [0.1, 0.15) is 77.6 Å². The third-order valence-corrected chi connectivity index (χ3v) is 3.58. The van der Waals surface area contributed by atoms with Crippen LogP contribution in [0, 0.1) is 0 Å². The fraction of sp³-hybridized carbons (Fsp3) is 0.933. The van der Waals surface area contributed by atoms with E-state index in [1.807, 2.05) is 6.92 Å². The summed E-state index contributed by atoms with van der Waals surface area (Å²) < 4.78 is 10.2. The van der Waals surface area contributed by atoms with E-state index < -0.39 is 6.16 Å². The van der Waals surface area contributed by atoms with Crippen LogP contribution in [0.25, 0.3) is 0 Å². The Balaban J connectivity index is 2.29. The molecule has 0 heterocycles. The van der Waals surface area contributed by atoms with E-state index >= 15 is 0 Å². The minimum Gasteiger partial charge on any atom is -0.435 e. The number of rotatable bonds is 2. The average molecular weight is 256 g/mol. The fourth-order valence-electron chi connectivity index (χ4n) is 2.53. The Morgan fingerprint density at radius 1 is 0.889 bits per heavy atom. The Bertz CT molecular complexity index is 204. The van der Waals surface area contributed by atoms with Gasteiger partial charge in [0.2, 0.25) is 0 Å². The van der Waals surface area contributed by atoms with Crippen molar-refractivity contribution in [1.82, 2.24) is 0 Å². The molecule has 0 aliphatic heterocycles. The Hall–Kier alpha value is -0.730. The zero-order valence-electron chi connectivity index (χ0n) is 11.8. The lowest BCUT2D eigenvalue weighted by atomic mass is 9.99. The van der Waals surface area contributed by atoms with Gasteiger partial charge >= 0.3 is 6.16 Å². The maximum atomic E-state index is 11.3. The van der Waals surface area contributed by atoms with E-state index in [0.29, 0.717) is 6.61 Å². The molecule has 106 valence electrons. The van der Waals surface area contributed by atoms with Crippen molar-refractivity contribution in [3.63, 3.8) is 0 Å². The van der Waals surface area contributed by atoms with Gasteiger partial charge in [-0.1, -0.05) is 44.9 Å². The summed E-state index contributed by atoms with van der Waals surface area (Å²) in [5, 5.41) is 0. The maximum absolute atomic E-state index is 11.3. The summed E-state index contributed by atoms with van der Waals surface area (Å²) in [7, 11) is 0. The van der Waals surface area contributed by atoms with E-state index in [1.54, 1.807) is 0 Å². The Morgan fingerprint density at radius 3 is 1.78 bits per heavy atom. The summed E-state index contributed by atoms with van der Waals surface area (Å²) >= 11 is 0. The van der Waals surface area contributed by atoms with Crippen LogP contribution in [0.15, 0.2) is 0 Å². The Morgan fingerprint density at radius 2 is 1.33 bits per heavy atom. The highest BCUT2D eigenvalue weighted by atomic mass is 16.7. The monoisotopic (exact) mass is 256 g/mol. The molecule has 0 saturated heterocycles. The van der Waals surface area contributed by atoms with E-state index in [4.69, 9.17) is 9.47 Å². The standard InChI is InChI=1S/C15H28O3/c1-2-17-15(16)18-14-12-10-8-6-4-3-5-7-9-11-13-14/h14H,2-13H2,1H3. The van der Waals surface area contributed by atoms with Crippen molar-refractivity contribution in [3.05, 3.63) is 0 Å². The van der Waals surface area contributed by atoms with Gasteiger partial charge in [0.05, 0.1) is 6.61 Å². The minimum atomic E-state index is -0.491. The third kappa shape index (κ3) is 7.57. The van der Waals surface area contributed by atoms with Gasteiger partial charge in [-0.2, -0.15) is 0 Å². The molecule has 0 aromatic rings. The van der Waals surface area contributed by atoms with E-state index in [2.05, 4.69) is 0 Å². The molecular formula is C15H28O3. The molecule has 18 heavy (non-hydrogen) atoms. The van der Waals surface area contributed by atoms with E-state index in [-0.39, 0.29) is 6.10 Å². The van der Waals surface area contributed by atoms with Crippen LogP contribution in [-0.4, -0.2) is 18.9 Å². The lowest BCUT2D eigenvalue weighted by Gasteiger charge is -2.18. The lowest BCUT2D eigenvalue weighted by molar-refractivity contribution is 0.0188. The van der Waals surface area contributed by atoms with Crippen molar-refractivity contribution in [2.24, 2.45) is 0 Å². The van der Waals surface area contributed by atoms with E-state index in [0.717, 1.165) is 12.8 Å². The SMILES string of the molecule is CCOC(=O)OC1CCCCCCCCCCC1. The molecule has 0 N–H and O–H groups in total. The van der Waals surface area contributed by atoms with Crippen molar-refractivity contribution in [2.75, 3.05) is 6.61 Å². The van der Waals surface area contributed by atoms with Crippen LogP contribution < -0.4 is 0 Å². The molecule has 0 radical (unpaired) electrons. The maximum Gasteiger partial charge on any atom is 0.508 e. The first-order chi connectivity index (χ1) is 8.83. The van der Waals surface area contributed by atoms with Crippen molar-refractivity contribution < 1.29 is 14.3 Å². The molecule has 0 unspecified atom stereocenters. The highest BCUT2D eigenvalue weighted by Crippen LogP contribution is 2.19. The Labute approximate surface area is 111 Å². The van der Waals surface area contributed by atoms with Crippen LogP contribution in [0.3, 0.4) is 0 Å². The summed E-state index contributed by atoms with van der Waals surface area (Å²) in [5.41, 5.74) is 0. The van der Waals surface area contributed by atoms with Crippen molar-refractivity contribution in [1.29, 1.82) is 0 Å². The van der Waals surface area contributed by atoms with E-state index in [1.165, 1.54) is 57.8 Å². The molecule has 3 nitrogen and oxygen atoms in total. The largest absolute Gasteiger partial charge is 0.508 e. The average Bonchev–Trinajstić information content (AvgIpc) is 2.33. The number of hydrogen-bond donors (Lipinski definition) is 0. The van der Waals surface area contributed by atoms with Gasteiger partial charge in [0, 0.05) is 0 Å². The molecule has 0 aromatic heterocycles. The van der Waals surface area contributed by atoms with Crippen LogP contribution in [0.5, 0.6) is 0 Å². The highest BCUT2D eigenvalue weighted by Gasteiger charge is 2.15. The van der Waals surface area contributed by atoms with Crippen LogP contribution in [0.2, 0.25) is 0 Å². The van der Waals surface area contributed by atoms with Gasteiger partial charge in [0.15, 0.2) is 0 Å². The summed E-state index contributed by atoms with van der Waals surface area (Å²) in [6.45, 7) is 2.20. The molecule has 0 bridgehead atoms. The predicted octanol–water partition coefficient (Wildman–Crippen LogP) is 4.83. The number of carbonyl (C=O) groups excluding carboxylic acids is 1. The quantitative estimate of drug-likeness (QED) is 0.664. The lowest BCUT2D eigenvalue weighted by Crippen LogP contribution is -2.19. The summed E-state index contributed by atoms with van der Waals surface area (Å²) in [4.78, 5) is 11.3. The van der Waals surface area contributed by atoms with Gasteiger partial charge in [-0.15, -0.1) is 0 Å². The van der Waals surface area contributed by atoms with Crippen molar-refractivity contribution in [2.45, 2.75) is 83.7 Å². The van der Waals surface area contributed by atoms with Gasteiger partial charge in [-0.3, -0.25) is 0 Å². The molecule has 1 aliphatic carbocycles. The summed E-state index contributed by atoms with van der Waals surface area (Å²) in [5.74, 6) is 0. The van der Waals surface area contributed by atoms with Crippen LogP contribution in [-0.2, 0) is 9.47 Å². The predicted molar refractivity (Wildman–Crippen MR) is 72.7 cm³/mol. The molecule has 0 aromatic carbocycles. The molecule has 3 heteroatoms. The molecule has 1 saturated carbocycles. The molecule has 1 fully saturated rings. The molecule has 1 aliphatic rings.